The van der Waals surface area contributed by atoms with Crippen molar-refractivity contribution in [1.82, 2.24) is 9.80 Å². The molecule has 1 N–H and O–H groups in total. The lowest BCUT2D eigenvalue weighted by Crippen LogP contribution is -2.53. The standard InChI is InChI=1S/C16H28N2O3/c1-2-17(13-8-4-3-5-9-13)16(21)18(12-15(19)20)14-10-6-7-11-14/h13-14H,2-12H2,1H3,(H,19,20). The molecule has 5 heteroatoms. The van der Waals surface area contributed by atoms with Gasteiger partial charge in [0.15, 0.2) is 0 Å². The lowest BCUT2D eigenvalue weighted by molar-refractivity contribution is -0.138. The van der Waals surface area contributed by atoms with Gasteiger partial charge in [-0.3, -0.25) is 4.79 Å². The van der Waals surface area contributed by atoms with Crippen LogP contribution in [0.4, 0.5) is 4.79 Å². The van der Waals surface area contributed by atoms with Crippen LogP contribution in [-0.4, -0.2) is 52.1 Å². The van der Waals surface area contributed by atoms with Crippen LogP contribution in [0.3, 0.4) is 0 Å². The first-order valence-corrected chi connectivity index (χ1v) is 8.42. The SMILES string of the molecule is CCN(C(=O)N(CC(=O)O)C1CCCC1)C1CCCCC1. The summed E-state index contributed by atoms with van der Waals surface area (Å²) >= 11 is 0. The van der Waals surface area contributed by atoms with Gasteiger partial charge >= 0.3 is 12.0 Å². The molecule has 0 unspecified atom stereocenters. The maximum Gasteiger partial charge on any atom is 0.323 e. The van der Waals surface area contributed by atoms with Crippen LogP contribution in [-0.2, 0) is 4.79 Å². The highest BCUT2D eigenvalue weighted by atomic mass is 16.4. The number of amides is 2. The molecular formula is C16H28N2O3. The number of urea groups is 1. The average Bonchev–Trinajstić information content (AvgIpc) is 3.00. The molecule has 120 valence electrons. The van der Waals surface area contributed by atoms with Gasteiger partial charge in [0.25, 0.3) is 0 Å². The van der Waals surface area contributed by atoms with E-state index in [9.17, 15) is 9.59 Å². The van der Waals surface area contributed by atoms with Crippen LogP contribution in [0.2, 0.25) is 0 Å². The fraction of sp³-hybridized carbons (Fsp3) is 0.875. The van der Waals surface area contributed by atoms with Crippen LogP contribution >= 0.6 is 0 Å². The van der Waals surface area contributed by atoms with E-state index in [4.69, 9.17) is 5.11 Å². The summed E-state index contributed by atoms with van der Waals surface area (Å²) in [4.78, 5) is 27.6. The van der Waals surface area contributed by atoms with Crippen molar-refractivity contribution in [3.8, 4) is 0 Å². The zero-order valence-corrected chi connectivity index (χ0v) is 13.1. The lowest BCUT2D eigenvalue weighted by Gasteiger charge is -2.39. The predicted octanol–water partition coefficient (Wildman–Crippen LogP) is 3.09. The Bertz CT molecular complexity index is 361. The lowest BCUT2D eigenvalue weighted by atomic mass is 9.94. The van der Waals surface area contributed by atoms with Gasteiger partial charge in [0, 0.05) is 18.6 Å². The summed E-state index contributed by atoms with van der Waals surface area (Å²) in [6.07, 6.45) is 9.82. The van der Waals surface area contributed by atoms with Crippen molar-refractivity contribution < 1.29 is 14.7 Å². The highest BCUT2D eigenvalue weighted by Gasteiger charge is 2.33. The van der Waals surface area contributed by atoms with Gasteiger partial charge < -0.3 is 14.9 Å². The van der Waals surface area contributed by atoms with Crippen LogP contribution in [0, 0.1) is 0 Å². The third-order valence-corrected chi connectivity index (χ3v) is 4.92. The summed E-state index contributed by atoms with van der Waals surface area (Å²) in [5, 5.41) is 9.15. The monoisotopic (exact) mass is 296 g/mol. The second kappa shape index (κ2) is 7.66. The third kappa shape index (κ3) is 4.11. The number of carbonyl (C=O) groups excluding carboxylic acids is 1. The molecule has 0 heterocycles. The van der Waals surface area contributed by atoms with Gasteiger partial charge in [-0.1, -0.05) is 32.1 Å². The second-order valence-corrected chi connectivity index (χ2v) is 6.32. The van der Waals surface area contributed by atoms with Crippen molar-refractivity contribution >= 4 is 12.0 Å². The van der Waals surface area contributed by atoms with Gasteiger partial charge in [-0.05, 0) is 32.6 Å². The summed E-state index contributed by atoms with van der Waals surface area (Å²) in [6.45, 7) is 2.51. The van der Waals surface area contributed by atoms with E-state index >= 15 is 0 Å². The fourth-order valence-corrected chi connectivity index (χ4v) is 3.82. The molecule has 0 aromatic heterocycles. The number of nitrogens with zero attached hydrogens (tertiary/aromatic N) is 2. The molecule has 2 amide bonds. The first-order valence-electron chi connectivity index (χ1n) is 8.42. The molecule has 2 saturated carbocycles. The molecular weight excluding hydrogens is 268 g/mol. The van der Waals surface area contributed by atoms with Gasteiger partial charge in [-0.15, -0.1) is 0 Å². The average molecular weight is 296 g/mol. The van der Waals surface area contributed by atoms with Crippen molar-refractivity contribution in [1.29, 1.82) is 0 Å². The van der Waals surface area contributed by atoms with Crippen LogP contribution in [0.25, 0.3) is 0 Å². The largest absolute Gasteiger partial charge is 0.480 e. The summed E-state index contributed by atoms with van der Waals surface area (Å²) in [5.41, 5.74) is 0. The van der Waals surface area contributed by atoms with Crippen LogP contribution < -0.4 is 0 Å². The molecule has 2 aliphatic rings. The predicted molar refractivity (Wildman–Crippen MR) is 81.2 cm³/mol. The smallest absolute Gasteiger partial charge is 0.323 e. The third-order valence-electron chi connectivity index (χ3n) is 4.92. The Morgan fingerprint density at radius 3 is 1.86 bits per heavy atom. The zero-order chi connectivity index (χ0) is 15.2. The van der Waals surface area contributed by atoms with Crippen molar-refractivity contribution in [2.75, 3.05) is 13.1 Å². The Hall–Kier alpha value is -1.26. The summed E-state index contributed by atoms with van der Waals surface area (Å²) in [6, 6.07) is 0.360. The van der Waals surface area contributed by atoms with E-state index in [1.165, 1.54) is 19.3 Å². The Morgan fingerprint density at radius 1 is 0.905 bits per heavy atom. The van der Waals surface area contributed by atoms with Crippen molar-refractivity contribution in [2.45, 2.75) is 76.8 Å². The molecule has 2 aliphatic carbocycles. The van der Waals surface area contributed by atoms with E-state index in [0.29, 0.717) is 12.6 Å². The molecule has 2 fully saturated rings. The minimum Gasteiger partial charge on any atom is -0.480 e. The summed E-state index contributed by atoms with van der Waals surface area (Å²) in [7, 11) is 0. The highest BCUT2D eigenvalue weighted by Crippen LogP contribution is 2.27. The Morgan fingerprint density at radius 2 is 1.38 bits per heavy atom. The van der Waals surface area contributed by atoms with Gasteiger partial charge in [0.05, 0.1) is 0 Å². The molecule has 0 bridgehead atoms. The van der Waals surface area contributed by atoms with E-state index in [-0.39, 0.29) is 18.6 Å². The van der Waals surface area contributed by atoms with E-state index < -0.39 is 5.97 Å². The van der Waals surface area contributed by atoms with E-state index in [1.807, 2.05) is 11.8 Å². The van der Waals surface area contributed by atoms with Crippen LogP contribution in [0.5, 0.6) is 0 Å². The molecule has 5 nitrogen and oxygen atoms in total. The molecule has 0 atom stereocenters. The number of carbonyl (C=O) groups is 2. The fourth-order valence-electron chi connectivity index (χ4n) is 3.82. The quantitative estimate of drug-likeness (QED) is 0.848. The number of rotatable bonds is 5. The van der Waals surface area contributed by atoms with Gasteiger partial charge in [-0.2, -0.15) is 0 Å². The van der Waals surface area contributed by atoms with E-state index in [2.05, 4.69) is 0 Å². The highest BCUT2D eigenvalue weighted by molar-refractivity contribution is 5.80. The Kier molecular flexibility index (Phi) is 5.88. The molecule has 2 rings (SSSR count). The van der Waals surface area contributed by atoms with Crippen LogP contribution in [0.15, 0.2) is 0 Å². The second-order valence-electron chi connectivity index (χ2n) is 6.32. The topological polar surface area (TPSA) is 60.9 Å². The molecule has 0 aromatic carbocycles. The molecule has 0 aliphatic heterocycles. The normalized spacial score (nSPS) is 20.4. The number of carboxylic acids is 1. The van der Waals surface area contributed by atoms with E-state index in [0.717, 1.165) is 38.5 Å². The van der Waals surface area contributed by atoms with Crippen molar-refractivity contribution in [3.05, 3.63) is 0 Å². The number of aliphatic carboxylic acids is 1. The molecule has 0 aromatic rings. The molecule has 21 heavy (non-hydrogen) atoms. The molecule has 0 radical (unpaired) electrons. The minimum absolute atomic E-state index is 0.0568. The summed E-state index contributed by atoms with van der Waals surface area (Å²) in [5.74, 6) is -0.907. The Balaban J connectivity index is 2.08. The molecule has 0 spiro atoms. The maximum absolute atomic E-state index is 12.9. The zero-order valence-electron chi connectivity index (χ0n) is 13.1. The van der Waals surface area contributed by atoms with Crippen molar-refractivity contribution in [3.63, 3.8) is 0 Å². The van der Waals surface area contributed by atoms with Gasteiger partial charge in [-0.25, -0.2) is 4.79 Å². The first kappa shape index (κ1) is 16.1. The van der Waals surface area contributed by atoms with Gasteiger partial charge in [0.2, 0.25) is 0 Å². The summed E-state index contributed by atoms with van der Waals surface area (Å²) < 4.78 is 0. The Labute approximate surface area is 127 Å². The van der Waals surface area contributed by atoms with Crippen LogP contribution in [0.1, 0.15) is 64.7 Å². The minimum atomic E-state index is -0.907. The van der Waals surface area contributed by atoms with E-state index in [1.54, 1.807) is 4.90 Å². The maximum atomic E-state index is 12.9. The van der Waals surface area contributed by atoms with Gasteiger partial charge in [0.1, 0.15) is 6.54 Å². The molecule has 0 saturated heterocycles. The van der Waals surface area contributed by atoms with Crippen molar-refractivity contribution in [2.24, 2.45) is 0 Å². The first-order chi connectivity index (χ1) is 10.1. The number of hydrogen-bond acceptors (Lipinski definition) is 2. The number of hydrogen-bond donors (Lipinski definition) is 1. The number of carboxylic acid groups (broad SMARTS) is 1.